The molecule has 1 aromatic heterocycles. The van der Waals surface area contributed by atoms with Gasteiger partial charge in [0.05, 0.1) is 34.7 Å². The number of amides is 5. The summed E-state index contributed by atoms with van der Waals surface area (Å²) in [5.41, 5.74) is 8.14. The Balaban J connectivity index is 1.10. The molecule has 2 saturated heterocycles. The number of phenolic OH excluding ortho intramolecular Hbond substituents is 1. The lowest BCUT2D eigenvalue weighted by molar-refractivity contribution is -0.136. The molecule has 5 amide bonds. The number of piperazine rings is 1. The Kier molecular flexibility index (Phi) is 7.19. The highest BCUT2D eigenvalue weighted by molar-refractivity contribution is 6.26. The smallest absolute Gasteiger partial charge is 0.264 e. The van der Waals surface area contributed by atoms with Gasteiger partial charge in [0.1, 0.15) is 11.8 Å². The lowest BCUT2D eigenvalue weighted by Gasteiger charge is -2.36. The number of carbonyl (C=O) groups is 5. The molecule has 4 heterocycles. The molecule has 3 aliphatic rings. The van der Waals surface area contributed by atoms with Crippen molar-refractivity contribution in [3.05, 3.63) is 59.7 Å². The molecule has 3 aliphatic heterocycles. The van der Waals surface area contributed by atoms with E-state index < -0.39 is 29.7 Å². The van der Waals surface area contributed by atoms with E-state index in [0.29, 0.717) is 43.1 Å². The molecule has 6 rings (SSSR count). The maximum absolute atomic E-state index is 13.3. The molecule has 2 aromatic carbocycles. The zero-order valence-electron chi connectivity index (χ0n) is 22.9. The quantitative estimate of drug-likeness (QED) is 0.297. The van der Waals surface area contributed by atoms with Crippen molar-refractivity contribution in [3.8, 4) is 17.0 Å². The van der Waals surface area contributed by atoms with E-state index in [0.717, 1.165) is 4.90 Å². The number of hydrogen-bond donors (Lipinski definition) is 4. The fourth-order valence-corrected chi connectivity index (χ4v) is 5.63. The summed E-state index contributed by atoms with van der Waals surface area (Å²) in [5.74, 6) is -2.51. The van der Waals surface area contributed by atoms with Gasteiger partial charge in [0.25, 0.3) is 11.8 Å². The number of benzene rings is 2. The van der Waals surface area contributed by atoms with Gasteiger partial charge in [-0.15, -0.1) is 10.2 Å². The van der Waals surface area contributed by atoms with Crippen molar-refractivity contribution in [2.24, 2.45) is 0 Å². The van der Waals surface area contributed by atoms with E-state index >= 15 is 0 Å². The number of imide groups is 2. The lowest BCUT2D eigenvalue weighted by Crippen LogP contribution is -2.54. The summed E-state index contributed by atoms with van der Waals surface area (Å²) >= 11 is 0. The topological polar surface area (TPSA) is 191 Å². The number of rotatable bonds is 6. The van der Waals surface area contributed by atoms with Crippen LogP contribution in [0.3, 0.4) is 0 Å². The number of anilines is 3. The number of phenols is 1. The van der Waals surface area contributed by atoms with Crippen molar-refractivity contribution in [1.29, 1.82) is 0 Å². The minimum Gasteiger partial charge on any atom is -0.507 e. The van der Waals surface area contributed by atoms with Gasteiger partial charge in [-0.2, -0.15) is 0 Å². The van der Waals surface area contributed by atoms with Crippen molar-refractivity contribution < 1.29 is 29.1 Å². The summed E-state index contributed by atoms with van der Waals surface area (Å²) in [6.07, 6.45) is 0.0593. The largest absolute Gasteiger partial charge is 0.507 e. The van der Waals surface area contributed by atoms with E-state index in [9.17, 15) is 29.1 Å². The number of nitrogens with two attached hydrogens (primary N) is 1. The van der Waals surface area contributed by atoms with E-state index in [1.165, 1.54) is 12.1 Å². The first-order chi connectivity index (χ1) is 20.7. The van der Waals surface area contributed by atoms with Crippen molar-refractivity contribution >= 4 is 46.7 Å². The van der Waals surface area contributed by atoms with E-state index in [-0.39, 0.29) is 53.7 Å². The molecule has 0 bridgehead atoms. The van der Waals surface area contributed by atoms with Crippen LogP contribution in [0, 0.1) is 0 Å². The van der Waals surface area contributed by atoms with Crippen molar-refractivity contribution in [1.82, 2.24) is 25.3 Å². The summed E-state index contributed by atoms with van der Waals surface area (Å²) < 4.78 is 0. The fourth-order valence-electron chi connectivity index (χ4n) is 5.63. The highest BCUT2D eigenvalue weighted by Crippen LogP contribution is 2.33. The molecular formula is C29H28N8O6. The van der Waals surface area contributed by atoms with Crippen LogP contribution in [0.15, 0.2) is 48.5 Å². The third-order valence-corrected chi connectivity index (χ3v) is 7.80. The summed E-state index contributed by atoms with van der Waals surface area (Å²) in [7, 11) is 0. The van der Waals surface area contributed by atoms with Gasteiger partial charge >= 0.3 is 0 Å². The van der Waals surface area contributed by atoms with Crippen molar-refractivity contribution in [3.63, 3.8) is 0 Å². The van der Waals surface area contributed by atoms with Crippen LogP contribution in [0.25, 0.3) is 11.3 Å². The van der Waals surface area contributed by atoms with Crippen LogP contribution < -0.4 is 21.3 Å². The van der Waals surface area contributed by atoms with Crippen LogP contribution in [0.5, 0.6) is 5.75 Å². The Morgan fingerprint density at radius 1 is 0.977 bits per heavy atom. The van der Waals surface area contributed by atoms with Gasteiger partial charge in [-0.25, -0.2) is 0 Å². The number of nitrogen functional groups attached to an aromatic ring is 1. The molecule has 43 heavy (non-hydrogen) atoms. The van der Waals surface area contributed by atoms with E-state index in [1.54, 1.807) is 36.4 Å². The first kappa shape index (κ1) is 27.8. The molecular weight excluding hydrogens is 556 g/mol. The Labute approximate surface area is 245 Å². The van der Waals surface area contributed by atoms with Crippen LogP contribution in [0.4, 0.5) is 17.2 Å². The van der Waals surface area contributed by atoms with E-state index in [2.05, 4.69) is 20.8 Å². The predicted octanol–water partition coefficient (Wildman–Crippen LogP) is 0.593. The second kappa shape index (κ2) is 11.1. The van der Waals surface area contributed by atoms with Crippen molar-refractivity contribution in [2.45, 2.75) is 18.9 Å². The van der Waals surface area contributed by atoms with Crippen LogP contribution in [-0.2, 0) is 14.4 Å². The zero-order valence-corrected chi connectivity index (χ0v) is 22.9. The number of piperidine rings is 1. The van der Waals surface area contributed by atoms with Gasteiger partial charge in [-0.05, 0) is 36.8 Å². The number of fused-ring (bicyclic) bond motifs is 1. The Morgan fingerprint density at radius 2 is 1.72 bits per heavy atom. The van der Waals surface area contributed by atoms with Crippen LogP contribution in [0.1, 0.15) is 33.6 Å². The molecule has 0 radical (unpaired) electrons. The number of aromatic hydroxyl groups is 1. The van der Waals surface area contributed by atoms with Gasteiger partial charge < -0.3 is 21.1 Å². The summed E-state index contributed by atoms with van der Waals surface area (Å²) in [6.45, 7) is 2.23. The SMILES string of the molecule is Nc1nnc(-c2ccccc2O)cc1N1CCN(CC(=O)Nc2cccc3c2C(=O)N(C2CCC(=O)NC2=O)C3=O)CC1. The molecule has 1 unspecified atom stereocenters. The van der Waals surface area contributed by atoms with Gasteiger partial charge in [0.2, 0.25) is 17.7 Å². The number of nitrogens with one attached hydrogen (secondary N) is 2. The van der Waals surface area contributed by atoms with E-state index in [4.69, 9.17) is 5.73 Å². The van der Waals surface area contributed by atoms with Crippen LogP contribution in [-0.4, -0.2) is 93.4 Å². The van der Waals surface area contributed by atoms with E-state index in [1.807, 2.05) is 9.80 Å². The highest BCUT2D eigenvalue weighted by atomic mass is 16.3. The van der Waals surface area contributed by atoms with Crippen LogP contribution in [0.2, 0.25) is 0 Å². The molecule has 5 N–H and O–H groups in total. The molecule has 1 atom stereocenters. The second-order valence-corrected chi connectivity index (χ2v) is 10.5. The third kappa shape index (κ3) is 5.23. The Bertz CT molecular complexity index is 1670. The number of carbonyl (C=O) groups excluding carboxylic acids is 5. The number of nitrogens with zero attached hydrogens (tertiary/aromatic N) is 5. The average molecular weight is 585 g/mol. The summed E-state index contributed by atoms with van der Waals surface area (Å²) in [6, 6.07) is 12.1. The second-order valence-electron chi connectivity index (χ2n) is 10.5. The summed E-state index contributed by atoms with van der Waals surface area (Å²) in [4.78, 5) is 68.2. The fraction of sp³-hybridized carbons (Fsp3) is 0.276. The first-order valence-electron chi connectivity index (χ1n) is 13.7. The van der Waals surface area contributed by atoms with Gasteiger partial charge in [0, 0.05) is 38.2 Å². The van der Waals surface area contributed by atoms with Gasteiger partial charge in [0.15, 0.2) is 5.82 Å². The third-order valence-electron chi connectivity index (χ3n) is 7.80. The van der Waals surface area contributed by atoms with Gasteiger partial charge in [-0.3, -0.25) is 39.1 Å². The maximum Gasteiger partial charge on any atom is 0.264 e. The summed E-state index contributed by atoms with van der Waals surface area (Å²) in [5, 5.41) is 23.3. The zero-order chi connectivity index (χ0) is 30.2. The standard InChI is InChI=1S/C29H28N8O6/c30-26-21(14-19(33-34-26)16-4-1-2-7-22(16)38)36-12-10-35(11-13-36)15-24(40)31-18-6-3-5-17-25(18)29(43)37(28(17)42)20-8-9-23(39)32-27(20)41/h1-7,14,20,38H,8-13,15H2,(H2,30,34)(H,31,40)(H,32,39,41). The van der Waals surface area contributed by atoms with Gasteiger partial charge in [-0.1, -0.05) is 18.2 Å². The predicted molar refractivity (Wildman–Crippen MR) is 154 cm³/mol. The molecule has 0 spiro atoms. The lowest BCUT2D eigenvalue weighted by atomic mass is 10.0. The molecule has 0 aliphatic carbocycles. The minimum absolute atomic E-state index is 0.0166. The van der Waals surface area contributed by atoms with Crippen molar-refractivity contribution in [2.75, 3.05) is 48.7 Å². The normalized spacial score (nSPS) is 18.9. The molecule has 3 aromatic rings. The molecule has 14 heteroatoms. The highest BCUT2D eigenvalue weighted by Gasteiger charge is 2.45. The molecule has 220 valence electrons. The molecule has 14 nitrogen and oxygen atoms in total. The molecule has 2 fully saturated rings. The Hall–Kier alpha value is -5.37. The monoisotopic (exact) mass is 584 g/mol. The maximum atomic E-state index is 13.3. The Morgan fingerprint density at radius 3 is 2.47 bits per heavy atom. The number of hydrogen-bond acceptors (Lipinski definition) is 11. The van der Waals surface area contributed by atoms with Crippen LogP contribution >= 0.6 is 0 Å². The average Bonchev–Trinajstić information content (AvgIpc) is 3.24. The first-order valence-corrected chi connectivity index (χ1v) is 13.7. The minimum atomic E-state index is -1.09. The number of para-hydroxylation sites is 1. The molecule has 0 saturated carbocycles. The number of aromatic nitrogens is 2.